The van der Waals surface area contributed by atoms with Crippen LogP contribution in [-0.4, -0.2) is 34.9 Å². The van der Waals surface area contributed by atoms with E-state index in [2.05, 4.69) is 31.3 Å². The van der Waals surface area contributed by atoms with Crippen molar-refractivity contribution in [2.24, 2.45) is 0 Å². The molecule has 0 heterocycles. The Balaban J connectivity index is 3.53. The maximum absolute atomic E-state index is 12.3. The third-order valence-electron chi connectivity index (χ3n) is 9.93. The Labute approximate surface area is 300 Å². The maximum atomic E-state index is 12.3. The molecular weight excluding hydrogens is 590 g/mol. The summed E-state index contributed by atoms with van der Waals surface area (Å²) in [5.74, 6) is -0.0724. The molecule has 0 aromatic heterocycles. The maximum Gasteiger partial charge on any atom is 0.220 e. The van der Waals surface area contributed by atoms with Gasteiger partial charge in [-0.25, -0.2) is 0 Å². The normalized spacial score (nSPS) is 13.2. The molecule has 0 aliphatic heterocycles. The zero-order chi connectivity index (χ0) is 35.0. The van der Waals surface area contributed by atoms with Gasteiger partial charge in [-0.1, -0.05) is 205 Å². The Kier molecular flexibility index (Phi) is 39.4. The fraction of sp³-hybridized carbons (Fsp3) is 0.886. The molecule has 0 aromatic carbocycles. The van der Waals surface area contributed by atoms with Gasteiger partial charge < -0.3 is 15.5 Å². The number of carbonyl (C=O) groups excluding carboxylic acids is 1. The lowest BCUT2D eigenvalue weighted by Gasteiger charge is -2.20. The van der Waals surface area contributed by atoms with E-state index >= 15 is 0 Å². The van der Waals surface area contributed by atoms with E-state index in [9.17, 15) is 15.0 Å². The highest BCUT2D eigenvalue weighted by molar-refractivity contribution is 5.76. The van der Waals surface area contributed by atoms with Crippen LogP contribution in [0, 0.1) is 0 Å². The van der Waals surface area contributed by atoms with Gasteiger partial charge >= 0.3 is 0 Å². The second-order valence-corrected chi connectivity index (χ2v) is 14.8. The number of hydrogen-bond acceptors (Lipinski definition) is 3. The van der Waals surface area contributed by atoms with Crippen molar-refractivity contribution < 1.29 is 15.0 Å². The Morgan fingerprint density at radius 3 is 1.17 bits per heavy atom. The molecule has 0 rings (SSSR count). The molecule has 0 aliphatic carbocycles. The minimum atomic E-state index is -0.839. The van der Waals surface area contributed by atoms with Gasteiger partial charge in [-0.2, -0.15) is 0 Å². The van der Waals surface area contributed by atoms with E-state index in [-0.39, 0.29) is 12.5 Å². The summed E-state index contributed by atoms with van der Waals surface area (Å²) in [5, 5.41) is 23.0. The minimum Gasteiger partial charge on any atom is -0.394 e. The molecule has 0 radical (unpaired) electrons. The molecule has 48 heavy (non-hydrogen) atoms. The lowest BCUT2D eigenvalue weighted by atomic mass is 10.0. The van der Waals surface area contributed by atoms with Crippen LogP contribution in [0.3, 0.4) is 0 Å². The number of carbonyl (C=O) groups is 1. The van der Waals surface area contributed by atoms with Gasteiger partial charge in [0.1, 0.15) is 0 Å². The van der Waals surface area contributed by atoms with Gasteiger partial charge in [-0.05, 0) is 44.9 Å². The largest absolute Gasteiger partial charge is 0.394 e. The van der Waals surface area contributed by atoms with Crippen molar-refractivity contribution in [1.29, 1.82) is 0 Å². The average Bonchev–Trinajstić information content (AvgIpc) is 3.09. The van der Waals surface area contributed by atoms with Crippen LogP contribution in [-0.2, 0) is 4.79 Å². The zero-order valence-electron chi connectivity index (χ0n) is 32.5. The van der Waals surface area contributed by atoms with Crippen LogP contribution >= 0.6 is 0 Å². The van der Waals surface area contributed by atoms with Crippen molar-refractivity contribution >= 4 is 5.91 Å². The molecule has 4 nitrogen and oxygen atoms in total. The van der Waals surface area contributed by atoms with Crippen molar-refractivity contribution in [1.82, 2.24) is 5.32 Å². The van der Waals surface area contributed by atoms with E-state index < -0.39 is 12.1 Å². The number of amides is 1. The number of hydrogen-bond donors (Lipinski definition) is 3. The molecular formula is C44H85NO3. The molecule has 284 valence electrons. The van der Waals surface area contributed by atoms with Crippen molar-refractivity contribution in [3.05, 3.63) is 24.3 Å². The monoisotopic (exact) mass is 676 g/mol. The summed E-state index contributed by atoms with van der Waals surface area (Å²) in [6.07, 6.45) is 51.4. The van der Waals surface area contributed by atoms with E-state index in [1.165, 1.54) is 173 Å². The molecule has 0 spiro atoms. The summed E-state index contributed by atoms with van der Waals surface area (Å²) in [6, 6.07) is -0.623. The molecule has 3 N–H and O–H groups in total. The molecule has 4 heteroatoms. The number of aliphatic hydroxyl groups excluding tert-OH is 2. The van der Waals surface area contributed by atoms with Crippen molar-refractivity contribution in [2.75, 3.05) is 6.61 Å². The van der Waals surface area contributed by atoms with Crippen LogP contribution < -0.4 is 5.32 Å². The summed E-state index contributed by atoms with van der Waals surface area (Å²) in [4.78, 5) is 12.3. The molecule has 1 amide bonds. The van der Waals surface area contributed by atoms with Gasteiger partial charge in [-0.3, -0.25) is 4.79 Å². The predicted octanol–water partition coefficient (Wildman–Crippen LogP) is 13.2. The summed E-state index contributed by atoms with van der Waals surface area (Å²) in [7, 11) is 0. The lowest BCUT2D eigenvalue weighted by Crippen LogP contribution is -2.45. The van der Waals surface area contributed by atoms with Crippen LogP contribution in [0.15, 0.2) is 24.3 Å². The number of unbranched alkanes of at least 4 members (excludes halogenated alkanes) is 30. The van der Waals surface area contributed by atoms with Crippen LogP contribution in [0.4, 0.5) is 0 Å². The quantitative estimate of drug-likeness (QED) is 0.0448. The molecule has 0 aliphatic rings. The first-order valence-corrected chi connectivity index (χ1v) is 21.6. The Bertz CT molecular complexity index is 691. The number of rotatable bonds is 39. The van der Waals surface area contributed by atoms with Crippen molar-refractivity contribution in [3.63, 3.8) is 0 Å². The summed E-state index contributed by atoms with van der Waals surface area (Å²) in [6.45, 7) is 4.30. The smallest absolute Gasteiger partial charge is 0.220 e. The second kappa shape index (κ2) is 40.3. The van der Waals surface area contributed by atoms with E-state index in [1.807, 2.05) is 6.08 Å². The molecule has 2 atom stereocenters. The second-order valence-electron chi connectivity index (χ2n) is 14.8. The fourth-order valence-electron chi connectivity index (χ4n) is 6.58. The topological polar surface area (TPSA) is 69.6 Å². The average molecular weight is 676 g/mol. The Hall–Kier alpha value is -1.13. The van der Waals surface area contributed by atoms with Crippen LogP contribution in [0.1, 0.15) is 232 Å². The third-order valence-corrected chi connectivity index (χ3v) is 9.93. The van der Waals surface area contributed by atoms with Crippen LogP contribution in [0.5, 0.6) is 0 Å². The first-order valence-electron chi connectivity index (χ1n) is 21.6. The molecule has 0 saturated heterocycles. The van der Waals surface area contributed by atoms with Crippen LogP contribution in [0.25, 0.3) is 0 Å². The van der Waals surface area contributed by atoms with Crippen molar-refractivity contribution in [3.8, 4) is 0 Å². The molecule has 0 aromatic rings. The van der Waals surface area contributed by atoms with E-state index in [1.54, 1.807) is 6.08 Å². The highest BCUT2D eigenvalue weighted by Gasteiger charge is 2.17. The zero-order valence-corrected chi connectivity index (χ0v) is 32.5. The highest BCUT2D eigenvalue weighted by atomic mass is 16.3. The summed E-state index contributed by atoms with van der Waals surface area (Å²) < 4.78 is 0. The van der Waals surface area contributed by atoms with Gasteiger partial charge in [0.2, 0.25) is 5.91 Å². The van der Waals surface area contributed by atoms with Crippen molar-refractivity contribution in [2.45, 2.75) is 244 Å². The van der Waals surface area contributed by atoms with Gasteiger partial charge in [0, 0.05) is 6.42 Å². The third kappa shape index (κ3) is 36.2. The summed E-state index contributed by atoms with van der Waals surface area (Å²) in [5.41, 5.74) is 0. The van der Waals surface area contributed by atoms with Gasteiger partial charge in [0.25, 0.3) is 0 Å². The fourth-order valence-corrected chi connectivity index (χ4v) is 6.58. The van der Waals surface area contributed by atoms with E-state index in [0.717, 1.165) is 38.5 Å². The summed E-state index contributed by atoms with van der Waals surface area (Å²) >= 11 is 0. The SMILES string of the molecule is CCCCCC/C=C\CCCCCCCC(=O)NC(CO)C(O)/C=C/CCCCCCCCCCCCCCCCCCCCCCC. The first kappa shape index (κ1) is 46.9. The molecule has 0 saturated carbocycles. The minimum absolute atomic E-state index is 0.0724. The molecule has 2 unspecified atom stereocenters. The number of nitrogens with one attached hydrogen (secondary N) is 1. The Morgan fingerprint density at radius 1 is 0.479 bits per heavy atom. The number of allylic oxidation sites excluding steroid dienone is 3. The lowest BCUT2D eigenvalue weighted by molar-refractivity contribution is -0.123. The number of aliphatic hydroxyl groups is 2. The van der Waals surface area contributed by atoms with Gasteiger partial charge in [-0.15, -0.1) is 0 Å². The van der Waals surface area contributed by atoms with Crippen LogP contribution in [0.2, 0.25) is 0 Å². The van der Waals surface area contributed by atoms with E-state index in [4.69, 9.17) is 0 Å². The highest BCUT2D eigenvalue weighted by Crippen LogP contribution is 2.16. The van der Waals surface area contributed by atoms with Gasteiger partial charge in [0.05, 0.1) is 18.8 Å². The molecule has 0 bridgehead atoms. The Morgan fingerprint density at radius 2 is 0.792 bits per heavy atom. The standard InChI is InChI=1S/C44H85NO3/c1-3-5-7-9-11-13-15-17-18-19-20-21-22-23-24-25-26-28-29-31-33-35-37-39-43(47)42(41-46)45-44(48)40-38-36-34-32-30-27-16-14-12-10-8-6-4-2/h14,16,37,39,42-43,46-47H,3-13,15,17-36,38,40-41H2,1-2H3,(H,45,48)/b16-14-,39-37+. The predicted molar refractivity (Wildman–Crippen MR) is 212 cm³/mol. The van der Waals surface area contributed by atoms with E-state index in [0.29, 0.717) is 6.42 Å². The molecule has 0 fully saturated rings. The van der Waals surface area contributed by atoms with Gasteiger partial charge in [0.15, 0.2) is 0 Å². The first-order chi connectivity index (χ1) is 23.7.